The molecule has 0 spiro atoms. The fourth-order valence-electron chi connectivity index (χ4n) is 3.92. The third kappa shape index (κ3) is 7.07. The molecule has 0 unspecified atom stereocenters. The van der Waals surface area contributed by atoms with Crippen molar-refractivity contribution in [2.75, 3.05) is 0 Å². The van der Waals surface area contributed by atoms with Gasteiger partial charge in [0.1, 0.15) is 0 Å². The maximum Gasteiger partial charge on any atom is 0.485 e. The summed E-state index contributed by atoms with van der Waals surface area (Å²) in [4.78, 5) is 0. The molecule has 0 saturated carbocycles. The molecule has 7 rings (SSSR count). The van der Waals surface area contributed by atoms with Gasteiger partial charge in [0.05, 0.1) is 32.3 Å². The van der Waals surface area contributed by atoms with E-state index in [0.29, 0.717) is 0 Å². The maximum atomic E-state index is 10.7. The van der Waals surface area contributed by atoms with Gasteiger partial charge in [-0.25, -0.2) is 25.3 Å². The van der Waals surface area contributed by atoms with Gasteiger partial charge in [0.15, 0.2) is 30.4 Å². The predicted molar refractivity (Wildman–Crippen MR) is 118 cm³/mol. The lowest BCUT2D eigenvalue weighted by Crippen LogP contribution is -3.61. The van der Waals surface area contributed by atoms with Gasteiger partial charge in [-0.05, 0) is 36.4 Å². The van der Waals surface area contributed by atoms with Gasteiger partial charge in [0, 0.05) is 0 Å². The Hall–Kier alpha value is -1.05. The minimum atomic E-state index is -6.09. The zero-order chi connectivity index (χ0) is 34.3. The number of benzene rings is 4. The lowest BCUT2D eigenvalue weighted by molar-refractivity contribution is -0.593. The monoisotopic (exact) mass is 1050 g/mol. The van der Waals surface area contributed by atoms with E-state index in [1.807, 2.05) is 0 Å². The average molecular weight is 1050 g/mol. The van der Waals surface area contributed by atoms with Crippen LogP contribution in [0, 0.1) is 21.4 Å². The minimum Gasteiger partial charge on any atom is -0.741 e. The Morgan fingerprint density at radius 2 is 0.489 bits per heavy atom. The van der Waals surface area contributed by atoms with Crippen molar-refractivity contribution in [2.45, 2.75) is 16.5 Å². The molecule has 0 aliphatic carbocycles. The summed E-state index contributed by atoms with van der Waals surface area (Å²) in [5, 5.41) is 10.1. The van der Waals surface area contributed by atoms with Crippen LogP contribution in [0.15, 0.2) is 36.4 Å². The smallest absolute Gasteiger partial charge is 0.485 e. The van der Waals surface area contributed by atoms with Gasteiger partial charge in [-0.3, -0.25) is 0 Å². The SMILES string of the molecule is O=S(=O)([O-])C(F)(F)F.O=S(=O)([O-])C(F)(F)F.O=S(=O)([O-])C(F)(F)F.c1cc2c3c4c1[I+]c1ccc5c(c14)c1c(ccc(c31)[I+]2)[I+]5. The van der Waals surface area contributed by atoms with Crippen molar-refractivity contribution in [3.63, 3.8) is 0 Å². The van der Waals surface area contributed by atoms with Crippen LogP contribution in [0.2, 0.25) is 0 Å². The molecule has 0 fully saturated rings. The Morgan fingerprint density at radius 3 is 0.578 bits per heavy atom. The fraction of sp³-hybridized carbons (Fsp3) is 0.143. The van der Waals surface area contributed by atoms with E-state index in [0.717, 1.165) is 0 Å². The first kappa shape index (κ1) is 36.8. The van der Waals surface area contributed by atoms with E-state index in [2.05, 4.69) is 36.4 Å². The molecule has 45 heavy (non-hydrogen) atoms. The zero-order valence-corrected chi connectivity index (χ0v) is 29.3. The molecule has 3 aliphatic rings. The summed E-state index contributed by atoms with van der Waals surface area (Å²) in [6, 6.07) is 14.8. The molecular weight excluding hydrogens is 1040 g/mol. The average Bonchev–Trinajstić information content (AvgIpc) is 3.50. The van der Waals surface area contributed by atoms with Crippen LogP contribution >= 0.6 is 0 Å². The quantitative estimate of drug-likeness (QED) is 0.0474. The van der Waals surface area contributed by atoms with E-state index in [1.165, 1.54) is 0 Å². The van der Waals surface area contributed by atoms with Crippen LogP contribution in [0.4, 0.5) is 39.5 Å². The number of hydrogen-bond donors (Lipinski definition) is 0. The summed E-state index contributed by atoms with van der Waals surface area (Å²) >= 11 is 0.151. The summed E-state index contributed by atoms with van der Waals surface area (Å²) in [5.41, 5.74) is -16.9. The van der Waals surface area contributed by atoms with Crippen LogP contribution in [-0.4, -0.2) is 55.4 Å². The summed E-state index contributed by atoms with van der Waals surface area (Å²) in [6.45, 7) is 0. The van der Waals surface area contributed by atoms with Crippen LogP contribution < -0.4 is 63.6 Å². The van der Waals surface area contributed by atoms with Crippen LogP contribution in [-0.2, 0) is 30.4 Å². The van der Waals surface area contributed by atoms with E-state index in [1.54, 1.807) is 53.7 Å². The molecule has 0 atom stereocenters. The van der Waals surface area contributed by atoms with Crippen molar-refractivity contribution >= 4 is 62.7 Å². The predicted octanol–water partition coefficient (Wildman–Crippen LogP) is -5.37. The molecule has 9 nitrogen and oxygen atoms in total. The standard InChI is InChI=1S/C18H6I3.3CHF3O3S/c1-2-8-14-13-7(1)19-9-3-4-11-17(15(9)13)18-12(21-11)6-5-10(20-8)16(14)18;3*2-1(3,4)8(5,6)7/h1-6H;3*(H,5,6,7)/q+3;;;/p-3. The maximum absolute atomic E-state index is 10.7. The molecule has 0 saturated heterocycles. The van der Waals surface area contributed by atoms with Gasteiger partial charge < -0.3 is 13.7 Å². The highest BCUT2D eigenvalue weighted by atomic mass is 127. The second kappa shape index (κ2) is 11.8. The second-order valence-corrected chi connectivity index (χ2v) is 21.0. The first-order valence-corrected chi connectivity index (χ1v) is 21.4. The van der Waals surface area contributed by atoms with E-state index in [-0.39, 0.29) is 63.6 Å². The van der Waals surface area contributed by atoms with Crippen molar-refractivity contribution in [1.29, 1.82) is 0 Å². The fourth-order valence-corrected chi connectivity index (χ4v) is 12.8. The van der Waals surface area contributed by atoms with Gasteiger partial charge in [-0.15, -0.1) is 0 Å². The first-order chi connectivity index (χ1) is 20.1. The van der Waals surface area contributed by atoms with Gasteiger partial charge in [-0.2, -0.15) is 39.5 Å². The number of alkyl halides is 9. The van der Waals surface area contributed by atoms with Crippen LogP contribution in [0.5, 0.6) is 0 Å². The Balaban J connectivity index is 0.000000162. The van der Waals surface area contributed by atoms with Crippen molar-refractivity contribution in [3.05, 3.63) is 57.8 Å². The highest BCUT2D eigenvalue weighted by molar-refractivity contribution is 7.87. The van der Waals surface area contributed by atoms with E-state index in [9.17, 15) is 39.5 Å². The molecule has 0 aromatic heterocycles. The van der Waals surface area contributed by atoms with Crippen LogP contribution in [0.3, 0.4) is 0 Å². The molecule has 4 aromatic rings. The van der Waals surface area contributed by atoms with Crippen molar-refractivity contribution in [3.8, 4) is 0 Å². The molecule has 246 valence electrons. The van der Waals surface area contributed by atoms with Gasteiger partial charge in [0.25, 0.3) is 0 Å². The molecule has 3 aliphatic heterocycles. The molecule has 0 bridgehead atoms. The highest BCUT2D eigenvalue weighted by Gasteiger charge is 2.47. The lowest BCUT2D eigenvalue weighted by atomic mass is 9.95. The highest BCUT2D eigenvalue weighted by Crippen LogP contribution is 2.38. The summed E-state index contributed by atoms with van der Waals surface area (Å²) < 4.78 is 187. The largest absolute Gasteiger partial charge is 0.741 e. The topological polar surface area (TPSA) is 172 Å². The normalized spacial score (nSPS) is 14.9. The second-order valence-electron chi connectivity index (χ2n) is 8.32. The third-order valence-corrected chi connectivity index (χ3v) is 16.1. The van der Waals surface area contributed by atoms with Crippen LogP contribution in [0.1, 0.15) is 0 Å². The molecule has 0 radical (unpaired) electrons. The van der Waals surface area contributed by atoms with Crippen molar-refractivity contribution in [2.24, 2.45) is 0 Å². The van der Waals surface area contributed by atoms with Gasteiger partial charge in [0.2, 0.25) is 21.4 Å². The summed E-state index contributed by atoms with van der Waals surface area (Å²) in [5.74, 6) is 0. The van der Waals surface area contributed by atoms with E-state index >= 15 is 0 Å². The molecule has 0 N–H and O–H groups in total. The van der Waals surface area contributed by atoms with Crippen molar-refractivity contribution < 1.29 is 142 Å². The number of hydrogen-bond acceptors (Lipinski definition) is 9. The summed E-state index contributed by atoms with van der Waals surface area (Å²) in [7, 11) is -18.3. The van der Waals surface area contributed by atoms with Crippen LogP contribution in [0.25, 0.3) is 32.3 Å². The van der Waals surface area contributed by atoms with Gasteiger partial charge in [-0.1, -0.05) is 0 Å². The van der Waals surface area contributed by atoms with Crippen molar-refractivity contribution in [1.82, 2.24) is 0 Å². The molecule has 24 heteroatoms. The van der Waals surface area contributed by atoms with E-state index in [4.69, 9.17) is 38.9 Å². The molecule has 3 heterocycles. The molecule has 4 aromatic carbocycles. The lowest BCUT2D eigenvalue weighted by Gasteiger charge is -2.08. The van der Waals surface area contributed by atoms with E-state index < -0.39 is 46.9 Å². The Morgan fingerprint density at radius 1 is 0.378 bits per heavy atom. The zero-order valence-electron chi connectivity index (χ0n) is 20.4. The number of rotatable bonds is 0. The Kier molecular flexibility index (Phi) is 9.66. The molecular formula is C21H6F9I3O9S3. The Bertz CT molecular complexity index is 1860. The molecule has 0 amide bonds. The Labute approximate surface area is 276 Å². The first-order valence-electron chi connectivity index (χ1n) is 10.7. The third-order valence-electron chi connectivity index (χ3n) is 5.52. The summed E-state index contributed by atoms with van der Waals surface area (Å²) in [6.07, 6.45) is 0. The number of halogens is 12. The van der Waals surface area contributed by atoms with Gasteiger partial charge >= 0.3 is 80.1 Å². The minimum absolute atomic E-state index is 0.0505.